The van der Waals surface area contributed by atoms with E-state index in [1.54, 1.807) is 12.1 Å². The van der Waals surface area contributed by atoms with Crippen molar-refractivity contribution in [3.05, 3.63) is 40.6 Å². The van der Waals surface area contributed by atoms with Gasteiger partial charge in [-0.15, -0.1) is 11.8 Å². The first-order valence-electron chi connectivity index (χ1n) is 6.06. The molecule has 0 saturated heterocycles. The summed E-state index contributed by atoms with van der Waals surface area (Å²) in [5.41, 5.74) is 1.18. The molecule has 0 radical (unpaired) electrons. The van der Waals surface area contributed by atoms with Gasteiger partial charge in [-0.25, -0.2) is 9.18 Å². The van der Waals surface area contributed by atoms with Gasteiger partial charge in [0, 0.05) is 4.91 Å². The number of rotatable bonds is 3. The minimum Gasteiger partial charge on any atom is -0.480 e. The summed E-state index contributed by atoms with van der Waals surface area (Å²) < 4.78 is 13.0. The highest BCUT2D eigenvalue weighted by Crippen LogP contribution is 2.35. The van der Waals surface area contributed by atoms with Gasteiger partial charge in [0.2, 0.25) is 5.91 Å². The quantitative estimate of drug-likeness (QED) is 0.931. The van der Waals surface area contributed by atoms with Crippen LogP contribution in [0.1, 0.15) is 19.4 Å². The lowest BCUT2D eigenvalue weighted by atomic mass is 10.1. The third-order valence-corrected chi connectivity index (χ3v) is 4.14. The third kappa shape index (κ3) is 2.70. The molecule has 0 fully saturated rings. The van der Waals surface area contributed by atoms with Crippen LogP contribution in [0.15, 0.2) is 29.2 Å². The molecule has 1 unspecified atom stereocenters. The number of allylic oxidation sites excluding steroid dienone is 1. The Morgan fingerprint density at radius 1 is 1.40 bits per heavy atom. The molecule has 0 spiro atoms. The first-order valence-corrected chi connectivity index (χ1v) is 7.05. The standard InChI is InChI=1S/C14H14FNO3S/c1-8(14(18)19)16-12(17)7-20-9(2)13(16)10-3-5-11(15)6-4-10/h3-6,8H,7H2,1-2H3,(H,18,19). The number of thioether (sulfide) groups is 1. The van der Waals surface area contributed by atoms with Gasteiger partial charge in [0.05, 0.1) is 11.4 Å². The number of amides is 1. The van der Waals surface area contributed by atoms with Crippen LogP contribution in [0.3, 0.4) is 0 Å². The average molecular weight is 295 g/mol. The van der Waals surface area contributed by atoms with Crippen molar-refractivity contribution in [2.24, 2.45) is 0 Å². The van der Waals surface area contributed by atoms with Crippen LogP contribution in [-0.4, -0.2) is 33.7 Å². The molecule has 6 heteroatoms. The number of carboxylic acid groups (broad SMARTS) is 1. The highest BCUT2D eigenvalue weighted by atomic mass is 32.2. The number of carbonyl (C=O) groups excluding carboxylic acids is 1. The number of carbonyl (C=O) groups is 2. The van der Waals surface area contributed by atoms with Gasteiger partial charge >= 0.3 is 5.97 Å². The molecule has 1 atom stereocenters. The smallest absolute Gasteiger partial charge is 0.326 e. The fraction of sp³-hybridized carbons (Fsp3) is 0.286. The number of hydrogen-bond acceptors (Lipinski definition) is 3. The van der Waals surface area contributed by atoms with Crippen molar-refractivity contribution < 1.29 is 19.1 Å². The van der Waals surface area contributed by atoms with Gasteiger partial charge in [-0.2, -0.15) is 0 Å². The Morgan fingerprint density at radius 2 is 2.00 bits per heavy atom. The number of nitrogens with zero attached hydrogens (tertiary/aromatic N) is 1. The predicted octanol–water partition coefficient (Wildman–Crippen LogP) is 2.56. The van der Waals surface area contributed by atoms with Crippen LogP contribution in [0.25, 0.3) is 5.70 Å². The molecule has 1 amide bonds. The summed E-state index contributed by atoms with van der Waals surface area (Å²) in [6.45, 7) is 3.30. The van der Waals surface area contributed by atoms with E-state index < -0.39 is 12.0 Å². The summed E-state index contributed by atoms with van der Waals surface area (Å²) in [4.78, 5) is 25.4. The Kier molecular flexibility index (Phi) is 4.13. The third-order valence-electron chi connectivity index (χ3n) is 3.12. The van der Waals surface area contributed by atoms with E-state index in [2.05, 4.69) is 0 Å². The van der Waals surface area contributed by atoms with Gasteiger partial charge in [-0.3, -0.25) is 9.69 Å². The maximum atomic E-state index is 13.0. The fourth-order valence-corrected chi connectivity index (χ4v) is 2.90. The maximum absolute atomic E-state index is 13.0. The summed E-state index contributed by atoms with van der Waals surface area (Å²) in [5.74, 6) is -1.49. The molecule has 1 N–H and O–H groups in total. The van der Waals surface area contributed by atoms with E-state index in [0.29, 0.717) is 11.3 Å². The number of halogens is 1. The molecular weight excluding hydrogens is 281 g/mol. The first-order chi connectivity index (χ1) is 9.41. The number of carboxylic acids is 1. The molecule has 20 heavy (non-hydrogen) atoms. The van der Waals surface area contributed by atoms with E-state index in [9.17, 15) is 14.0 Å². The average Bonchev–Trinajstić information content (AvgIpc) is 2.41. The van der Waals surface area contributed by atoms with Gasteiger partial charge < -0.3 is 5.11 Å². The Morgan fingerprint density at radius 3 is 2.55 bits per heavy atom. The zero-order valence-corrected chi connectivity index (χ0v) is 11.9. The van der Waals surface area contributed by atoms with Crippen LogP contribution >= 0.6 is 11.8 Å². The second-order valence-corrected chi connectivity index (χ2v) is 5.67. The van der Waals surface area contributed by atoms with Gasteiger partial charge in [0.15, 0.2) is 0 Å². The highest BCUT2D eigenvalue weighted by Gasteiger charge is 2.33. The van der Waals surface area contributed by atoms with Gasteiger partial charge in [-0.05, 0) is 43.7 Å². The normalized spacial score (nSPS) is 17.4. The van der Waals surface area contributed by atoms with E-state index in [0.717, 1.165) is 4.91 Å². The zero-order chi connectivity index (χ0) is 14.9. The topological polar surface area (TPSA) is 57.6 Å². The molecule has 1 aliphatic heterocycles. The van der Waals surface area contributed by atoms with Crippen LogP contribution in [0.2, 0.25) is 0 Å². The molecule has 1 aromatic rings. The summed E-state index contributed by atoms with van der Waals surface area (Å²) in [6, 6.07) is 4.73. The molecule has 1 heterocycles. The van der Waals surface area contributed by atoms with Crippen molar-refractivity contribution in [2.45, 2.75) is 19.9 Å². The highest BCUT2D eigenvalue weighted by molar-refractivity contribution is 8.03. The Balaban J connectivity index is 2.51. The SMILES string of the molecule is CC1=C(c2ccc(F)cc2)N(C(C)C(=O)O)C(=O)CS1. The summed E-state index contributed by atoms with van der Waals surface area (Å²) in [5, 5.41) is 9.16. The molecule has 4 nitrogen and oxygen atoms in total. The molecule has 2 rings (SSSR count). The summed E-state index contributed by atoms with van der Waals surface area (Å²) >= 11 is 1.37. The second kappa shape index (κ2) is 5.66. The van der Waals surface area contributed by atoms with E-state index >= 15 is 0 Å². The maximum Gasteiger partial charge on any atom is 0.326 e. The zero-order valence-electron chi connectivity index (χ0n) is 11.1. The molecule has 0 aliphatic carbocycles. The van der Waals surface area contributed by atoms with Crippen molar-refractivity contribution >= 4 is 29.3 Å². The summed E-state index contributed by atoms with van der Waals surface area (Å²) in [6.07, 6.45) is 0. The molecule has 0 saturated carbocycles. The molecule has 1 aromatic carbocycles. The first kappa shape index (κ1) is 14.6. The van der Waals surface area contributed by atoms with E-state index in [1.807, 2.05) is 6.92 Å². The van der Waals surface area contributed by atoms with Gasteiger partial charge in [0.25, 0.3) is 0 Å². The second-order valence-electron chi connectivity index (χ2n) is 4.48. The van der Waals surface area contributed by atoms with Crippen LogP contribution < -0.4 is 0 Å². The predicted molar refractivity (Wildman–Crippen MR) is 75.4 cm³/mol. The lowest BCUT2D eigenvalue weighted by Gasteiger charge is -2.33. The summed E-state index contributed by atoms with van der Waals surface area (Å²) in [7, 11) is 0. The van der Waals surface area contributed by atoms with Crippen LogP contribution in [0.5, 0.6) is 0 Å². The fourth-order valence-electron chi connectivity index (χ4n) is 2.07. The number of benzene rings is 1. The number of aliphatic carboxylic acids is 1. The van der Waals surface area contributed by atoms with Crippen molar-refractivity contribution in [3.63, 3.8) is 0 Å². The van der Waals surface area contributed by atoms with Gasteiger partial charge in [-0.1, -0.05) is 0 Å². The Labute approximate surface area is 120 Å². The van der Waals surface area contributed by atoms with Crippen molar-refractivity contribution in [1.29, 1.82) is 0 Å². The molecular formula is C14H14FNO3S. The van der Waals surface area contributed by atoms with E-state index in [4.69, 9.17) is 5.11 Å². The minimum absolute atomic E-state index is 0.216. The molecule has 106 valence electrons. The molecule has 0 aromatic heterocycles. The molecule has 1 aliphatic rings. The van der Waals surface area contributed by atoms with Crippen molar-refractivity contribution in [1.82, 2.24) is 4.90 Å². The van der Waals surface area contributed by atoms with Crippen LogP contribution in [0, 0.1) is 5.82 Å². The molecule has 0 bridgehead atoms. The van der Waals surface area contributed by atoms with E-state index in [-0.39, 0.29) is 17.5 Å². The Hall–Kier alpha value is -1.82. The van der Waals surface area contributed by atoms with E-state index in [1.165, 1.54) is 35.7 Å². The van der Waals surface area contributed by atoms with Gasteiger partial charge in [0.1, 0.15) is 11.9 Å². The Bertz CT molecular complexity index is 583. The number of hydrogen-bond donors (Lipinski definition) is 1. The van der Waals surface area contributed by atoms with Crippen LogP contribution in [0.4, 0.5) is 4.39 Å². The van der Waals surface area contributed by atoms with Crippen molar-refractivity contribution in [2.75, 3.05) is 5.75 Å². The lowest BCUT2D eigenvalue weighted by Crippen LogP contribution is -2.44. The van der Waals surface area contributed by atoms with Crippen LogP contribution in [-0.2, 0) is 9.59 Å². The minimum atomic E-state index is -1.07. The largest absolute Gasteiger partial charge is 0.480 e. The monoisotopic (exact) mass is 295 g/mol. The van der Waals surface area contributed by atoms with Crippen molar-refractivity contribution in [3.8, 4) is 0 Å². The lowest BCUT2D eigenvalue weighted by molar-refractivity contribution is -0.145.